The molecule has 5 heteroatoms. The molecule has 160 valence electrons. The molecule has 5 nitrogen and oxygen atoms in total. The molecule has 2 aliphatic rings. The van der Waals surface area contributed by atoms with E-state index in [4.69, 9.17) is 4.74 Å². The Morgan fingerprint density at radius 3 is 2.57 bits per heavy atom. The van der Waals surface area contributed by atoms with E-state index >= 15 is 0 Å². The molecule has 4 atom stereocenters. The molecule has 1 amide bonds. The number of rotatable bonds is 6. The summed E-state index contributed by atoms with van der Waals surface area (Å²) in [7, 11) is 1.32. The lowest BCUT2D eigenvalue weighted by molar-refractivity contribution is -0.144. The maximum absolute atomic E-state index is 13.0. The van der Waals surface area contributed by atoms with Gasteiger partial charge in [0, 0.05) is 18.4 Å². The number of hydrogen-bond donors (Lipinski definition) is 1. The zero-order valence-electron chi connectivity index (χ0n) is 18.1. The van der Waals surface area contributed by atoms with Crippen LogP contribution in [0.3, 0.4) is 0 Å². The molecule has 0 heterocycles. The number of carbonyl (C=O) groups is 3. The lowest BCUT2D eigenvalue weighted by Crippen LogP contribution is -2.44. The van der Waals surface area contributed by atoms with Crippen molar-refractivity contribution in [1.29, 1.82) is 0 Å². The lowest BCUT2D eigenvalue weighted by Gasteiger charge is -2.22. The Bertz CT molecular complexity index is 870. The van der Waals surface area contributed by atoms with Crippen LogP contribution in [-0.4, -0.2) is 30.8 Å². The van der Waals surface area contributed by atoms with E-state index in [1.807, 2.05) is 37.3 Å². The smallest absolute Gasteiger partial charge is 0.328 e. The number of nitrogens with one attached hydrogen (secondary N) is 1. The second-order valence-corrected chi connectivity index (χ2v) is 8.60. The molecule has 0 radical (unpaired) electrons. The number of ether oxygens (including phenoxy) is 1. The summed E-state index contributed by atoms with van der Waals surface area (Å²) in [6.45, 7) is 8.17. The van der Waals surface area contributed by atoms with Gasteiger partial charge in [0.1, 0.15) is 6.04 Å². The van der Waals surface area contributed by atoms with Crippen LogP contribution in [-0.2, 0) is 25.5 Å². The van der Waals surface area contributed by atoms with Crippen LogP contribution >= 0.6 is 0 Å². The summed E-state index contributed by atoms with van der Waals surface area (Å²) in [4.78, 5) is 37.5. The molecule has 1 N–H and O–H groups in total. The van der Waals surface area contributed by atoms with Gasteiger partial charge in [0.2, 0.25) is 5.91 Å². The van der Waals surface area contributed by atoms with Gasteiger partial charge in [0.15, 0.2) is 5.78 Å². The molecule has 1 aromatic rings. The fourth-order valence-electron chi connectivity index (χ4n) is 4.73. The molecule has 0 saturated heterocycles. The highest BCUT2D eigenvalue weighted by atomic mass is 16.5. The number of ketones is 1. The molecule has 0 aliphatic heterocycles. The van der Waals surface area contributed by atoms with Gasteiger partial charge < -0.3 is 10.1 Å². The van der Waals surface area contributed by atoms with Crippen molar-refractivity contribution in [1.82, 2.24) is 5.32 Å². The van der Waals surface area contributed by atoms with Gasteiger partial charge in [-0.3, -0.25) is 9.59 Å². The minimum Gasteiger partial charge on any atom is -0.467 e. The van der Waals surface area contributed by atoms with E-state index in [0.717, 1.165) is 24.0 Å². The second kappa shape index (κ2) is 9.41. The Morgan fingerprint density at radius 2 is 1.90 bits per heavy atom. The summed E-state index contributed by atoms with van der Waals surface area (Å²) in [6, 6.07) is 8.75. The van der Waals surface area contributed by atoms with E-state index in [-0.39, 0.29) is 17.6 Å². The summed E-state index contributed by atoms with van der Waals surface area (Å²) in [5.41, 5.74) is 3.47. The number of fused-ring (bicyclic) bond motifs is 1. The van der Waals surface area contributed by atoms with Crippen molar-refractivity contribution >= 4 is 17.7 Å². The molecule has 1 aromatic carbocycles. The monoisotopic (exact) mass is 409 g/mol. The molecule has 0 bridgehead atoms. The summed E-state index contributed by atoms with van der Waals surface area (Å²) < 4.78 is 4.90. The van der Waals surface area contributed by atoms with Gasteiger partial charge in [0.25, 0.3) is 0 Å². The van der Waals surface area contributed by atoms with Gasteiger partial charge in [-0.2, -0.15) is 0 Å². The zero-order valence-corrected chi connectivity index (χ0v) is 18.1. The third kappa shape index (κ3) is 4.72. The maximum Gasteiger partial charge on any atom is 0.328 e. The molecule has 0 spiro atoms. The minimum absolute atomic E-state index is 0.0247. The zero-order chi connectivity index (χ0) is 21.8. The molecule has 0 aromatic heterocycles. The van der Waals surface area contributed by atoms with E-state index in [9.17, 15) is 14.4 Å². The molecule has 1 fully saturated rings. The van der Waals surface area contributed by atoms with Gasteiger partial charge in [-0.25, -0.2) is 4.79 Å². The third-order valence-electron chi connectivity index (χ3n) is 6.73. The van der Waals surface area contributed by atoms with Gasteiger partial charge in [-0.1, -0.05) is 49.4 Å². The number of methoxy groups -OCH3 is 1. The Balaban J connectivity index is 1.72. The molecular weight excluding hydrogens is 378 g/mol. The van der Waals surface area contributed by atoms with E-state index in [1.165, 1.54) is 12.7 Å². The maximum atomic E-state index is 13.0. The Labute approximate surface area is 178 Å². The number of hydrogen-bond acceptors (Lipinski definition) is 4. The summed E-state index contributed by atoms with van der Waals surface area (Å²) in [6.07, 6.45) is 3.46. The van der Waals surface area contributed by atoms with Crippen molar-refractivity contribution in [3.63, 3.8) is 0 Å². The first-order chi connectivity index (χ1) is 14.3. The Hall–Kier alpha value is -2.69. The first kappa shape index (κ1) is 22.0. The van der Waals surface area contributed by atoms with Crippen LogP contribution in [0, 0.1) is 17.8 Å². The van der Waals surface area contributed by atoms with Gasteiger partial charge in [-0.15, -0.1) is 0 Å². The van der Waals surface area contributed by atoms with Crippen LogP contribution in [0.2, 0.25) is 0 Å². The summed E-state index contributed by atoms with van der Waals surface area (Å²) in [5, 5.41) is 2.83. The third-order valence-corrected chi connectivity index (χ3v) is 6.73. The summed E-state index contributed by atoms with van der Waals surface area (Å²) in [5.74, 6) is 0.117. The SMILES string of the molecule is C=C(C(=O)N[C@@H](Cc1ccccc1)C(=O)OC)[C@H]1CCC(C)C2CC(=O)C(C)=C2C1. The van der Waals surface area contributed by atoms with Crippen LogP contribution in [0.15, 0.2) is 53.6 Å². The highest BCUT2D eigenvalue weighted by Gasteiger charge is 2.38. The van der Waals surface area contributed by atoms with E-state index in [1.54, 1.807) is 0 Å². The minimum atomic E-state index is -0.770. The lowest BCUT2D eigenvalue weighted by atomic mass is 9.86. The highest BCUT2D eigenvalue weighted by Crippen LogP contribution is 2.45. The van der Waals surface area contributed by atoms with Gasteiger partial charge in [0.05, 0.1) is 7.11 Å². The van der Waals surface area contributed by atoms with Crippen molar-refractivity contribution in [3.05, 3.63) is 59.2 Å². The number of carbonyl (C=O) groups excluding carboxylic acids is 3. The van der Waals surface area contributed by atoms with Crippen molar-refractivity contribution < 1.29 is 19.1 Å². The van der Waals surface area contributed by atoms with Crippen molar-refractivity contribution in [2.75, 3.05) is 7.11 Å². The Morgan fingerprint density at radius 1 is 1.20 bits per heavy atom. The number of Topliss-reactive ketones (excluding diaryl/α,β-unsaturated/α-hetero) is 1. The average Bonchev–Trinajstić information content (AvgIpc) is 2.92. The predicted molar refractivity (Wildman–Crippen MR) is 116 cm³/mol. The first-order valence-corrected chi connectivity index (χ1v) is 10.7. The van der Waals surface area contributed by atoms with Crippen LogP contribution in [0.1, 0.15) is 45.1 Å². The molecule has 2 unspecified atom stereocenters. The number of amides is 1. The van der Waals surface area contributed by atoms with Crippen molar-refractivity contribution in [2.24, 2.45) is 17.8 Å². The number of allylic oxidation sites excluding steroid dienone is 2. The average molecular weight is 410 g/mol. The van der Waals surface area contributed by atoms with E-state index in [0.29, 0.717) is 36.7 Å². The highest BCUT2D eigenvalue weighted by molar-refractivity contribution is 5.99. The van der Waals surface area contributed by atoms with E-state index < -0.39 is 12.0 Å². The number of benzene rings is 1. The topological polar surface area (TPSA) is 72.5 Å². The van der Waals surface area contributed by atoms with Crippen LogP contribution < -0.4 is 5.32 Å². The van der Waals surface area contributed by atoms with Gasteiger partial charge in [-0.05, 0) is 55.1 Å². The molecule has 2 aliphatic carbocycles. The fourth-order valence-corrected chi connectivity index (χ4v) is 4.73. The molecular formula is C25H31NO4. The van der Waals surface area contributed by atoms with Crippen LogP contribution in [0.5, 0.6) is 0 Å². The van der Waals surface area contributed by atoms with E-state index in [2.05, 4.69) is 18.8 Å². The molecule has 1 saturated carbocycles. The Kier molecular flexibility index (Phi) is 6.91. The molecule has 30 heavy (non-hydrogen) atoms. The van der Waals surface area contributed by atoms with Gasteiger partial charge >= 0.3 is 5.97 Å². The predicted octanol–water partition coefficient (Wildman–Crippen LogP) is 3.78. The summed E-state index contributed by atoms with van der Waals surface area (Å²) >= 11 is 0. The fraction of sp³-hybridized carbons (Fsp3) is 0.480. The van der Waals surface area contributed by atoms with Crippen LogP contribution in [0.25, 0.3) is 0 Å². The standard InChI is InChI=1S/C25H31NO4/c1-15-10-11-19(13-21-17(3)23(27)14-20(15)21)16(2)24(28)26-22(25(29)30-4)12-18-8-6-5-7-9-18/h5-9,15,19-20,22H,2,10-14H2,1,3-4H3,(H,26,28)/t15?,19-,20?,22-/m0/s1. The largest absolute Gasteiger partial charge is 0.467 e. The quantitative estimate of drug-likeness (QED) is 0.573. The van der Waals surface area contributed by atoms with Crippen molar-refractivity contribution in [2.45, 2.75) is 52.0 Å². The van der Waals surface area contributed by atoms with Crippen LogP contribution in [0.4, 0.5) is 0 Å². The number of esters is 1. The van der Waals surface area contributed by atoms with Crippen molar-refractivity contribution in [3.8, 4) is 0 Å². The normalized spacial score (nSPS) is 24.6. The second-order valence-electron chi connectivity index (χ2n) is 8.60. The first-order valence-electron chi connectivity index (χ1n) is 10.7. The molecule has 3 rings (SSSR count).